The molecule has 1 amide bonds. The minimum atomic E-state index is -0.718. The summed E-state index contributed by atoms with van der Waals surface area (Å²) in [4.78, 5) is 30.4. The molecule has 0 saturated carbocycles. The highest BCUT2D eigenvalue weighted by molar-refractivity contribution is 6.16. The highest BCUT2D eigenvalue weighted by atomic mass is 16.3. The molecule has 5 rings (SSSR count). The van der Waals surface area contributed by atoms with Gasteiger partial charge >= 0.3 is 0 Å². The summed E-state index contributed by atoms with van der Waals surface area (Å²) in [5.41, 5.74) is 2.41. The normalized spacial score (nSPS) is 16.7. The minimum absolute atomic E-state index is 0.0502. The Bertz CT molecular complexity index is 1390. The standard InChI is InChI=1S/C26H25N3O4/c1-27(2)12-13-29-23(18-15-28(3)19-10-6-5-9-17(18)19)22(25(31)26(29)32)24(30)21-14-16-8-4-7-11-20(16)33-21/h4-11,14-15,23,31H,12-13H2,1-3H3. The van der Waals surface area contributed by atoms with E-state index in [1.807, 2.05) is 79.3 Å². The number of benzene rings is 2. The number of aromatic nitrogens is 1. The number of Topliss-reactive ketones (excluding diaryl/α,β-unsaturated/α-hetero) is 1. The van der Waals surface area contributed by atoms with Gasteiger partial charge in [0.1, 0.15) is 5.58 Å². The Kier molecular flexibility index (Phi) is 5.06. The maximum atomic E-state index is 13.7. The van der Waals surface area contributed by atoms with Crippen LogP contribution in [0.25, 0.3) is 21.9 Å². The van der Waals surface area contributed by atoms with Gasteiger partial charge in [-0.3, -0.25) is 9.59 Å². The molecule has 0 aliphatic carbocycles. The van der Waals surface area contributed by atoms with Crippen molar-refractivity contribution in [3.63, 3.8) is 0 Å². The number of para-hydroxylation sites is 2. The van der Waals surface area contributed by atoms with E-state index >= 15 is 0 Å². The van der Waals surface area contributed by atoms with Crippen molar-refractivity contribution in [3.05, 3.63) is 83.5 Å². The molecule has 33 heavy (non-hydrogen) atoms. The van der Waals surface area contributed by atoms with Crippen molar-refractivity contribution < 1.29 is 19.1 Å². The number of nitrogens with zero attached hydrogens (tertiary/aromatic N) is 3. The SMILES string of the molecule is CN(C)CCN1C(=O)C(O)=C(C(=O)c2cc3ccccc3o2)C1c1cn(C)c2ccccc12. The largest absolute Gasteiger partial charge is 0.503 e. The molecule has 168 valence electrons. The number of aliphatic hydroxyl groups is 1. The fraction of sp³-hybridized carbons (Fsp3) is 0.231. The molecule has 0 spiro atoms. The van der Waals surface area contributed by atoms with Crippen LogP contribution in [0.4, 0.5) is 0 Å². The molecule has 1 aliphatic heterocycles. The Balaban J connectivity index is 1.66. The first-order valence-corrected chi connectivity index (χ1v) is 10.8. The molecule has 7 nitrogen and oxygen atoms in total. The van der Waals surface area contributed by atoms with Crippen molar-refractivity contribution in [1.29, 1.82) is 0 Å². The summed E-state index contributed by atoms with van der Waals surface area (Å²) < 4.78 is 7.77. The lowest BCUT2D eigenvalue weighted by Gasteiger charge is -2.27. The summed E-state index contributed by atoms with van der Waals surface area (Å²) in [5.74, 6) is -1.45. The molecule has 0 saturated heterocycles. The zero-order valence-corrected chi connectivity index (χ0v) is 18.8. The van der Waals surface area contributed by atoms with Gasteiger partial charge in [0.05, 0.1) is 11.6 Å². The highest BCUT2D eigenvalue weighted by Crippen LogP contribution is 2.42. The van der Waals surface area contributed by atoms with E-state index < -0.39 is 23.5 Å². The number of hydrogen-bond acceptors (Lipinski definition) is 5. The van der Waals surface area contributed by atoms with Crippen molar-refractivity contribution in [2.24, 2.45) is 7.05 Å². The molecule has 4 aromatic rings. The third-order valence-electron chi connectivity index (χ3n) is 6.21. The van der Waals surface area contributed by atoms with Crippen LogP contribution in [0.3, 0.4) is 0 Å². The lowest BCUT2D eigenvalue weighted by molar-refractivity contribution is -0.129. The van der Waals surface area contributed by atoms with Gasteiger partial charge in [-0.1, -0.05) is 36.4 Å². The van der Waals surface area contributed by atoms with Crippen molar-refractivity contribution in [1.82, 2.24) is 14.4 Å². The first-order valence-electron chi connectivity index (χ1n) is 10.8. The topological polar surface area (TPSA) is 78.9 Å². The van der Waals surface area contributed by atoms with Crippen molar-refractivity contribution in [2.75, 3.05) is 27.2 Å². The maximum absolute atomic E-state index is 13.7. The molecule has 0 radical (unpaired) electrons. The molecule has 1 unspecified atom stereocenters. The van der Waals surface area contributed by atoms with Gasteiger partial charge in [-0.25, -0.2) is 0 Å². The molecule has 0 fully saturated rings. The number of carbonyl (C=O) groups excluding carboxylic acids is 2. The fourth-order valence-corrected chi connectivity index (χ4v) is 4.56. The second-order valence-electron chi connectivity index (χ2n) is 8.66. The summed E-state index contributed by atoms with van der Waals surface area (Å²) in [7, 11) is 5.76. The van der Waals surface area contributed by atoms with E-state index in [9.17, 15) is 14.7 Å². The van der Waals surface area contributed by atoms with Gasteiger partial charge in [0.25, 0.3) is 5.91 Å². The zero-order valence-electron chi connectivity index (χ0n) is 18.8. The predicted octanol–water partition coefficient (Wildman–Crippen LogP) is 4.06. The molecule has 2 aromatic heterocycles. The van der Waals surface area contributed by atoms with Gasteiger partial charge in [0, 0.05) is 48.2 Å². The number of ketones is 1. The second kappa shape index (κ2) is 7.94. The zero-order chi connectivity index (χ0) is 23.3. The quantitative estimate of drug-likeness (QED) is 0.455. The number of carbonyl (C=O) groups is 2. The summed E-state index contributed by atoms with van der Waals surface area (Å²) in [6.07, 6.45) is 1.93. The van der Waals surface area contributed by atoms with Gasteiger partial charge in [-0.05, 0) is 32.3 Å². The Morgan fingerprint density at radius 2 is 1.85 bits per heavy atom. The number of aryl methyl sites for hydroxylation is 1. The smallest absolute Gasteiger partial charge is 0.290 e. The summed E-state index contributed by atoms with van der Waals surface area (Å²) in [6.45, 7) is 0.951. The third-order valence-corrected chi connectivity index (χ3v) is 6.21. The van der Waals surface area contributed by atoms with Gasteiger partial charge in [0.2, 0.25) is 5.78 Å². The van der Waals surface area contributed by atoms with Gasteiger partial charge in [-0.2, -0.15) is 0 Å². The van der Waals surface area contributed by atoms with Crippen molar-refractivity contribution >= 4 is 33.6 Å². The van der Waals surface area contributed by atoms with Crippen LogP contribution < -0.4 is 0 Å². The van der Waals surface area contributed by atoms with E-state index in [0.717, 1.165) is 21.9 Å². The van der Waals surface area contributed by atoms with Gasteiger partial charge in [0.15, 0.2) is 11.5 Å². The van der Waals surface area contributed by atoms with Crippen LogP contribution in [-0.2, 0) is 11.8 Å². The van der Waals surface area contributed by atoms with Crippen molar-refractivity contribution in [2.45, 2.75) is 6.04 Å². The van der Waals surface area contributed by atoms with Crippen LogP contribution in [0.1, 0.15) is 22.2 Å². The van der Waals surface area contributed by atoms with Crippen LogP contribution in [0, 0.1) is 0 Å². The van der Waals surface area contributed by atoms with E-state index in [-0.39, 0.29) is 11.3 Å². The Morgan fingerprint density at radius 3 is 2.61 bits per heavy atom. The van der Waals surface area contributed by atoms with Crippen LogP contribution in [0.5, 0.6) is 0 Å². The summed E-state index contributed by atoms with van der Waals surface area (Å²) >= 11 is 0. The molecular weight excluding hydrogens is 418 g/mol. The lowest BCUT2D eigenvalue weighted by atomic mass is 9.94. The second-order valence-corrected chi connectivity index (χ2v) is 8.66. The monoisotopic (exact) mass is 443 g/mol. The van der Waals surface area contributed by atoms with Crippen LogP contribution in [0.2, 0.25) is 0 Å². The van der Waals surface area contributed by atoms with Crippen LogP contribution in [-0.4, -0.2) is 58.3 Å². The number of furan rings is 1. The summed E-state index contributed by atoms with van der Waals surface area (Å²) in [5, 5.41) is 12.6. The molecule has 1 N–H and O–H groups in total. The summed E-state index contributed by atoms with van der Waals surface area (Å²) in [6, 6.07) is 16.1. The average Bonchev–Trinajstić information content (AvgIpc) is 3.45. The Morgan fingerprint density at radius 1 is 1.12 bits per heavy atom. The molecule has 1 atom stereocenters. The first-order chi connectivity index (χ1) is 15.9. The number of likely N-dealkylation sites (N-methyl/N-ethyl adjacent to an activating group) is 1. The van der Waals surface area contributed by atoms with Crippen LogP contribution in [0.15, 0.2) is 76.5 Å². The Hall–Kier alpha value is -3.84. The number of aliphatic hydroxyl groups excluding tert-OH is 1. The molecule has 0 bridgehead atoms. The fourth-order valence-electron chi connectivity index (χ4n) is 4.56. The van der Waals surface area contributed by atoms with E-state index in [1.165, 1.54) is 0 Å². The van der Waals surface area contributed by atoms with E-state index in [4.69, 9.17) is 4.42 Å². The molecule has 7 heteroatoms. The van der Waals surface area contributed by atoms with Crippen molar-refractivity contribution in [3.8, 4) is 0 Å². The van der Waals surface area contributed by atoms with E-state index in [1.54, 1.807) is 17.0 Å². The first kappa shape index (κ1) is 21.0. The average molecular weight is 444 g/mol. The minimum Gasteiger partial charge on any atom is -0.503 e. The molecule has 2 aromatic carbocycles. The highest BCUT2D eigenvalue weighted by Gasteiger charge is 2.45. The Labute approximate surface area is 191 Å². The molecule has 1 aliphatic rings. The van der Waals surface area contributed by atoms with E-state index in [0.29, 0.717) is 18.7 Å². The third kappa shape index (κ3) is 3.41. The maximum Gasteiger partial charge on any atom is 0.290 e. The predicted molar refractivity (Wildman–Crippen MR) is 126 cm³/mol. The van der Waals surface area contributed by atoms with Gasteiger partial charge < -0.3 is 23.9 Å². The lowest BCUT2D eigenvalue weighted by Crippen LogP contribution is -2.36. The van der Waals surface area contributed by atoms with E-state index in [2.05, 4.69) is 0 Å². The number of rotatable bonds is 6. The molecule has 3 heterocycles. The number of amides is 1. The molecular formula is C26H25N3O4. The van der Waals surface area contributed by atoms with Gasteiger partial charge in [-0.15, -0.1) is 0 Å². The van der Waals surface area contributed by atoms with Crippen LogP contribution >= 0.6 is 0 Å². The number of hydrogen-bond donors (Lipinski definition) is 1. The number of fused-ring (bicyclic) bond motifs is 2.